The van der Waals surface area contributed by atoms with Crippen LogP contribution in [0.15, 0.2) is 41.0 Å². The van der Waals surface area contributed by atoms with Gasteiger partial charge in [-0.1, -0.05) is 12.1 Å². The molecule has 0 spiro atoms. The number of carbonyl (C=O) groups excluding carboxylic acids is 2. The molecule has 1 aromatic carbocycles. The average Bonchev–Trinajstić information content (AvgIpc) is 2.86. The summed E-state index contributed by atoms with van der Waals surface area (Å²) in [6, 6.07) is 8.02. The van der Waals surface area contributed by atoms with Crippen molar-refractivity contribution in [1.82, 2.24) is 0 Å². The number of amides is 1. The van der Waals surface area contributed by atoms with Gasteiger partial charge in [0.15, 0.2) is 0 Å². The first kappa shape index (κ1) is 14.1. The summed E-state index contributed by atoms with van der Waals surface area (Å²) in [6.07, 6.45) is 1.31. The Morgan fingerprint density at radius 1 is 1.25 bits per heavy atom. The zero-order chi connectivity index (χ0) is 14.5. The number of carbonyl (C=O) groups is 2. The van der Waals surface area contributed by atoms with Crippen LogP contribution in [0.2, 0.25) is 5.22 Å². The summed E-state index contributed by atoms with van der Waals surface area (Å²) in [5, 5.41) is 2.61. The minimum absolute atomic E-state index is 0.00360. The molecule has 6 heteroatoms. The summed E-state index contributed by atoms with van der Waals surface area (Å²) >= 11 is 5.73. The average molecular weight is 294 g/mol. The fraction of sp³-hybridized carbons (Fsp3) is 0.143. The Hall–Kier alpha value is -2.27. The van der Waals surface area contributed by atoms with Gasteiger partial charge in [0.1, 0.15) is 0 Å². The highest BCUT2D eigenvalue weighted by Crippen LogP contribution is 2.21. The zero-order valence-corrected chi connectivity index (χ0v) is 11.4. The second-order valence-corrected chi connectivity index (χ2v) is 4.17. The van der Waals surface area contributed by atoms with E-state index in [0.29, 0.717) is 5.69 Å². The predicted octanol–water partition coefficient (Wildman–Crippen LogP) is 3.36. The standard InChI is InChI=1S/C14H12ClNO4/c1-2-19-14(18)9-5-3-4-6-11(9)16-13(17)10-7-8-20-12(10)15/h3-8H,2H2,1H3,(H,16,17). The van der Waals surface area contributed by atoms with E-state index >= 15 is 0 Å². The van der Waals surface area contributed by atoms with Crippen molar-refractivity contribution in [3.63, 3.8) is 0 Å². The predicted molar refractivity (Wildman–Crippen MR) is 74.1 cm³/mol. The third-order valence-corrected chi connectivity index (χ3v) is 2.83. The molecule has 1 N–H and O–H groups in total. The van der Waals surface area contributed by atoms with E-state index in [1.165, 1.54) is 12.3 Å². The van der Waals surface area contributed by atoms with E-state index in [2.05, 4.69) is 5.32 Å². The van der Waals surface area contributed by atoms with Crippen LogP contribution in [0, 0.1) is 0 Å². The molecule has 1 amide bonds. The van der Waals surface area contributed by atoms with Crippen molar-refractivity contribution in [2.45, 2.75) is 6.92 Å². The van der Waals surface area contributed by atoms with Crippen LogP contribution in [-0.2, 0) is 4.74 Å². The van der Waals surface area contributed by atoms with Gasteiger partial charge in [-0.3, -0.25) is 4.79 Å². The second-order valence-electron chi connectivity index (χ2n) is 3.83. The van der Waals surface area contributed by atoms with Crippen LogP contribution in [0.25, 0.3) is 0 Å². The Morgan fingerprint density at radius 2 is 2.00 bits per heavy atom. The first-order valence-corrected chi connectivity index (χ1v) is 6.31. The van der Waals surface area contributed by atoms with E-state index in [9.17, 15) is 9.59 Å². The van der Waals surface area contributed by atoms with Crippen LogP contribution in [0.4, 0.5) is 5.69 Å². The minimum Gasteiger partial charge on any atom is -0.462 e. The van der Waals surface area contributed by atoms with Gasteiger partial charge in [0.25, 0.3) is 5.91 Å². The molecule has 104 valence electrons. The molecule has 0 bridgehead atoms. The van der Waals surface area contributed by atoms with Crippen molar-refractivity contribution >= 4 is 29.2 Å². The molecule has 0 aliphatic carbocycles. The summed E-state index contributed by atoms with van der Waals surface area (Å²) in [7, 11) is 0. The quantitative estimate of drug-likeness (QED) is 0.878. The van der Waals surface area contributed by atoms with E-state index < -0.39 is 11.9 Å². The number of anilines is 1. The first-order chi connectivity index (χ1) is 9.63. The van der Waals surface area contributed by atoms with Crippen LogP contribution in [-0.4, -0.2) is 18.5 Å². The third kappa shape index (κ3) is 3.00. The van der Waals surface area contributed by atoms with Gasteiger partial charge in [-0.2, -0.15) is 0 Å². The van der Waals surface area contributed by atoms with Crippen molar-refractivity contribution in [3.05, 3.63) is 52.9 Å². The molecule has 1 heterocycles. The SMILES string of the molecule is CCOC(=O)c1ccccc1NC(=O)c1ccoc1Cl. The van der Waals surface area contributed by atoms with Crippen molar-refractivity contribution in [2.75, 3.05) is 11.9 Å². The van der Waals surface area contributed by atoms with Gasteiger partial charge in [0, 0.05) is 0 Å². The Labute approximate surface area is 120 Å². The smallest absolute Gasteiger partial charge is 0.340 e. The zero-order valence-electron chi connectivity index (χ0n) is 10.7. The Balaban J connectivity index is 2.24. The van der Waals surface area contributed by atoms with E-state index in [1.807, 2.05) is 0 Å². The lowest BCUT2D eigenvalue weighted by atomic mass is 10.1. The fourth-order valence-corrected chi connectivity index (χ4v) is 1.82. The first-order valence-electron chi connectivity index (χ1n) is 5.94. The van der Waals surface area contributed by atoms with Gasteiger partial charge >= 0.3 is 5.97 Å². The molecule has 0 fully saturated rings. The minimum atomic E-state index is -0.498. The second kappa shape index (κ2) is 6.25. The Morgan fingerprint density at radius 3 is 2.65 bits per heavy atom. The topological polar surface area (TPSA) is 68.5 Å². The summed E-state index contributed by atoms with van der Waals surface area (Å²) in [4.78, 5) is 23.8. The number of hydrogen-bond donors (Lipinski definition) is 1. The van der Waals surface area contributed by atoms with Crippen LogP contribution in [0.3, 0.4) is 0 Å². The molecular weight excluding hydrogens is 282 g/mol. The summed E-state index contributed by atoms with van der Waals surface area (Å²) in [5.74, 6) is -0.956. The molecule has 0 aliphatic heterocycles. The van der Waals surface area contributed by atoms with Crippen LogP contribution >= 0.6 is 11.6 Å². The maximum atomic E-state index is 12.0. The highest BCUT2D eigenvalue weighted by Gasteiger charge is 2.17. The summed E-state index contributed by atoms with van der Waals surface area (Å²) in [5.41, 5.74) is 0.834. The van der Waals surface area contributed by atoms with Gasteiger partial charge in [0.2, 0.25) is 5.22 Å². The van der Waals surface area contributed by atoms with E-state index in [1.54, 1.807) is 31.2 Å². The number of para-hydroxylation sites is 1. The molecule has 2 rings (SSSR count). The monoisotopic (exact) mass is 293 g/mol. The van der Waals surface area contributed by atoms with Crippen molar-refractivity contribution in [2.24, 2.45) is 0 Å². The molecule has 0 atom stereocenters. The Kier molecular flexibility index (Phi) is 4.42. The highest BCUT2D eigenvalue weighted by atomic mass is 35.5. The fourth-order valence-electron chi connectivity index (χ4n) is 1.62. The van der Waals surface area contributed by atoms with Crippen LogP contribution in [0.5, 0.6) is 0 Å². The number of benzene rings is 1. The molecule has 0 saturated heterocycles. The van der Waals surface area contributed by atoms with Gasteiger partial charge in [-0.15, -0.1) is 0 Å². The van der Waals surface area contributed by atoms with Gasteiger partial charge < -0.3 is 14.5 Å². The largest absolute Gasteiger partial charge is 0.462 e. The van der Waals surface area contributed by atoms with Gasteiger partial charge in [-0.05, 0) is 36.7 Å². The normalized spacial score (nSPS) is 10.1. The van der Waals surface area contributed by atoms with E-state index in [4.69, 9.17) is 20.8 Å². The molecule has 5 nitrogen and oxygen atoms in total. The maximum Gasteiger partial charge on any atom is 0.340 e. The molecule has 0 radical (unpaired) electrons. The van der Waals surface area contributed by atoms with Crippen LogP contribution < -0.4 is 5.32 Å². The number of hydrogen-bond acceptors (Lipinski definition) is 4. The molecule has 20 heavy (non-hydrogen) atoms. The number of nitrogens with one attached hydrogen (secondary N) is 1. The number of esters is 1. The molecule has 0 aliphatic rings. The van der Waals surface area contributed by atoms with E-state index in [0.717, 1.165) is 0 Å². The number of ether oxygens (including phenoxy) is 1. The van der Waals surface area contributed by atoms with Gasteiger partial charge in [-0.25, -0.2) is 4.79 Å². The number of rotatable bonds is 4. The Bertz CT molecular complexity index is 636. The van der Waals surface area contributed by atoms with Crippen molar-refractivity contribution < 1.29 is 18.7 Å². The van der Waals surface area contributed by atoms with Crippen molar-refractivity contribution in [1.29, 1.82) is 0 Å². The lowest BCUT2D eigenvalue weighted by Gasteiger charge is -2.09. The molecular formula is C14H12ClNO4. The highest BCUT2D eigenvalue weighted by molar-refractivity contribution is 6.32. The summed E-state index contributed by atoms with van der Waals surface area (Å²) in [6.45, 7) is 1.97. The lowest BCUT2D eigenvalue weighted by molar-refractivity contribution is 0.0527. The molecule has 0 saturated carbocycles. The van der Waals surface area contributed by atoms with Crippen LogP contribution in [0.1, 0.15) is 27.6 Å². The summed E-state index contributed by atoms with van der Waals surface area (Å²) < 4.78 is 9.78. The van der Waals surface area contributed by atoms with E-state index in [-0.39, 0.29) is 23.0 Å². The number of halogens is 1. The lowest BCUT2D eigenvalue weighted by Crippen LogP contribution is -2.15. The third-order valence-electron chi connectivity index (χ3n) is 2.53. The van der Waals surface area contributed by atoms with Gasteiger partial charge in [0.05, 0.1) is 29.7 Å². The number of furan rings is 1. The molecule has 2 aromatic rings. The maximum absolute atomic E-state index is 12.0. The molecule has 0 unspecified atom stereocenters. The molecule has 1 aromatic heterocycles. The van der Waals surface area contributed by atoms with Crippen molar-refractivity contribution in [3.8, 4) is 0 Å².